The Bertz CT molecular complexity index is 1150. The number of fused-ring (bicyclic) bond motifs is 1. The Balaban J connectivity index is 1.67. The number of carbonyl (C=O) groups is 1. The van der Waals surface area contributed by atoms with Gasteiger partial charge in [0.05, 0.1) is 23.0 Å². The average Bonchev–Trinajstić information content (AvgIpc) is 3.27. The molecule has 0 radical (unpaired) electrons. The number of rotatable bonds is 6. The maximum Gasteiger partial charge on any atom is 0.272 e. The van der Waals surface area contributed by atoms with Crippen LogP contribution in [0.1, 0.15) is 34.1 Å². The molecule has 0 bridgehead atoms. The Hall–Kier alpha value is -3.31. The molecule has 2 aromatic carbocycles. The summed E-state index contributed by atoms with van der Waals surface area (Å²) in [5.74, 6) is -0.250. The molecular weight excluding hydrogens is 378 g/mol. The molecule has 0 saturated heterocycles. The third-order valence-electron chi connectivity index (χ3n) is 4.65. The Labute approximate surface area is 173 Å². The lowest BCUT2D eigenvalue weighted by molar-refractivity contribution is 0.0957. The maximum absolute atomic E-state index is 12.9. The number of hydrazone groups is 1. The van der Waals surface area contributed by atoms with Gasteiger partial charge in [-0.05, 0) is 35.6 Å². The van der Waals surface area contributed by atoms with Gasteiger partial charge in [0.1, 0.15) is 0 Å². The van der Waals surface area contributed by atoms with Crippen LogP contribution in [0.5, 0.6) is 0 Å². The number of nitrogens with one attached hydrogen (secondary N) is 1. The minimum atomic E-state index is -0.250. The average molecular weight is 400 g/mol. The van der Waals surface area contributed by atoms with Crippen LogP contribution in [-0.2, 0) is 6.42 Å². The Morgan fingerprint density at radius 1 is 1.10 bits per heavy atom. The van der Waals surface area contributed by atoms with Gasteiger partial charge in [-0.2, -0.15) is 5.10 Å². The van der Waals surface area contributed by atoms with Crippen molar-refractivity contribution in [2.75, 3.05) is 0 Å². The van der Waals surface area contributed by atoms with Crippen LogP contribution >= 0.6 is 11.3 Å². The zero-order valence-corrected chi connectivity index (χ0v) is 16.9. The second-order valence-corrected chi connectivity index (χ2v) is 7.71. The molecule has 0 unspecified atom stereocenters. The number of amides is 1. The van der Waals surface area contributed by atoms with Gasteiger partial charge in [0.2, 0.25) is 0 Å². The number of pyridine rings is 1. The van der Waals surface area contributed by atoms with Crippen molar-refractivity contribution in [3.63, 3.8) is 0 Å². The Kier molecular flexibility index (Phi) is 5.77. The number of carbonyl (C=O) groups excluding carboxylic acids is 1. The monoisotopic (exact) mass is 399 g/mol. The van der Waals surface area contributed by atoms with E-state index in [2.05, 4.69) is 41.7 Å². The molecule has 2 heterocycles. The van der Waals surface area contributed by atoms with Crippen molar-refractivity contribution < 1.29 is 4.79 Å². The minimum absolute atomic E-state index is 0.250. The number of aryl methyl sites for hydroxylation is 1. The van der Waals surface area contributed by atoms with Crippen LogP contribution in [0.4, 0.5) is 0 Å². The molecule has 2 aromatic heterocycles. The number of thiophene rings is 1. The van der Waals surface area contributed by atoms with Crippen molar-refractivity contribution in [2.45, 2.75) is 19.8 Å². The molecular formula is C24H21N3OS. The van der Waals surface area contributed by atoms with Gasteiger partial charge in [0, 0.05) is 15.8 Å². The molecule has 29 heavy (non-hydrogen) atoms. The van der Waals surface area contributed by atoms with Gasteiger partial charge in [-0.1, -0.05) is 61.9 Å². The van der Waals surface area contributed by atoms with Crippen molar-refractivity contribution in [1.82, 2.24) is 10.4 Å². The summed E-state index contributed by atoms with van der Waals surface area (Å²) >= 11 is 1.57. The van der Waals surface area contributed by atoms with E-state index >= 15 is 0 Å². The summed E-state index contributed by atoms with van der Waals surface area (Å²) in [7, 11) is 0. The molecule has 0 aliphatic rings. The van der Waals surface area contributed by atoms with Crippen LogP contribution in [-0.4, -0.2) is 17.1 Å². The van der Waals surface area contributed by atoms with Crippen LogP contribution in [0.15, 0.2) is 77.2 Å². The van der Waals surface area contributed by atoms with Gasteiger partial charge >= 0.3 is 0 Å². The van der Waals surface area contributed by atoms with Crippen LogP contribution in [0, 0.1) is 0 Å². The first-order valence-corrected chi connectivity index (χ1v) is 10.5. The van der Waals surface area contributed by atoms with Crippen LogP contribution in [0.2, 0.25) is 0 Å². The Morgan fingerprint density at radius 3 is 2.69 bits per heavy atom. The molecule has 0 aliphatic heterocycles. The van der Waals surface area contributed by atoms with Gasteiger partial charge in [-0.25, -0.2) is 10.4 Å². The number of nitrogens with zero attached hydrogens (tertiary/aromatic N) is 2. The van der Waals surface area contributed by atoms with E-state index in [1.807, 2.05) is 47.8 Å². The van der Waals surface area contributed by atoms with E-state index in [0.29, 0.717) is 5.56 Å². The van der Waals surface area contributed by atoms with Gasteiger partial charge in [-0.15, -0.1) is 11.3 Å². The number of aromatic nitrogens is 1. The molecule has 0 saturated carbocycles. The first-order valence-electron chi connectivity index (χ1n) is 9.60. The smallest absolute Gasteiger partial charge is 0.267 e. The topological polar surface area (TPSA) is 54.4 Å². The van der Waals surface area contributed by atoms with E-state index in [9.17, 15) is 4.79 Å². The van der Waals surface area contributed by atoms with E-state index in [4.69, 9.17) is 4.98 Å². The third kappa shape index (κ3) is 4.41. The number of hydrogen-bond acceptors (Lipinski definition) is 4. The van der Waals surface area contributed by atoms with Crippen molar-refractivity contribution in [2.24, 2.45) is 5.10 Å². The summed E-state index contributed by atoms with van der Waals surface area (Å²) in [5, 5.41) is 6.87. The second-order valence-electron chi connectivity index (χ2n) is 6.73. The van der Waals surface area contributed by atoms with Crippen LogP contribution < -0.4 is 5.43 Å². The summed E-state index contributed by atoms with van der Waals surface area (Å²) in [5.41, 5.74) is 7.06. The second kappa shape index (κ2) is 8.80. The lowest BCUT2D eigenvalue weighted by atomic mass is 10.0. The molecule has 5 heteroatoms. The molecule has 4 rings (SSSR count). The molecule has 4 aromatic rings. The van der Waals surface area contributed by atoms with Crippen molar-refractivity contribution in [3.05, 3.63) is 88.1 Å². The molecule has 0 aliphatic carbocycles. The quantitative estimate of drug-likeness (QED) is 0.335. The predicted octanol–water partition coefficient (Wildman–Crippen LogP) is 5.68. The fraction of sp³-hybridized carbons (Fsp3) is 0.125. The predicted molar refractivity (Wildman–Crippen MR) is 121 cm³/mol. The first kappa shape index (κ1) is 19.0. The largest absolute Gasteiger partial charge is 0.272 e. The fourth-order valence-electron chi connectivity index (χ4n) is 3.22. The molecule has 144 valence electrons. The summed E-state index contributed by atoms with van der Waals surface area (Å²) in [6, 6.07) is 21.8. The van der Waals surface area contributed by atoms with E-state index in [-0.39, 0.29) is 5.91 Å². The highest BCUT2D eigenvalue weighted by atomic mass is 32.1. The molecule has 0 spiro atoms. The summed E-state index contributed by atoms with van der Waals surface area (Å²) in [6.45, 7) is 2.17. The van der Waals surface area contributed by atoms with Crippen LogP contribution in [0.3, 0.4) is 0 Å². The Morgan fingerprint density at radius 2 is 1.93 bits per heavy atom. The standard InChI is InChI=1S/C24H21N3OS/c1-2-6-17-10-12-18(13-11-17)23-15-21(20-8-3-4-9-22(20)26-23)24(28)27-25-16-19-7-5-14-29-19/h3-5,7-16H,2,6H2,1H3,(H,27,28)/b25-16-. The molecule has 1 amide bonds. The summed E-state index contributed by atoms with van der Waals surface area (Å²) in [4.78, 5) is 18.6. The van der Waals surface area contributed by atoms with Crippen molar-refractivity contribution >= 4 is 34.4 Å². The van der Waals surface area contributed by atoms with Crippen molar-refractivity contribution in [1.29, 1.82) is 0 Å². The van der Waals surface area contributed by atoms with Gasteiger partial charge in [0.15, 0.2) is 0 Å². The zero-order valence-electron chi connectivity index (χ0n) is 16.1. The summed E-state index contributed by atoms with van der Waals surface area (Å²) < 4.78 is 0. The highest BCUT2D eigenvalue weighted by Crippen LogP contribution is 2.25. The number of para-hydroxylation sites is 1. The summed E-state index contributed by atoms with van der Waals surface area (Å²) in [6.07, 6.45) is 3.82. The first-order chi connectivity index (χ1) is 14.2. The van der Waals surface area contributed by atoms with Crippen LogP contribution in [0.25, 0.3) is 22.2 Å². The molecule has 4 nitrogen and oxygen atoms in total. The SMILES string of the molecule is CCCc1ccc(-c2cc(C(=O)N/N=C\c3cccs3)c3ccccc3n2)cc1. The van der Waals surface area contributed by atoms with E-state index < -0.39 is 0 Å². The van der Waals surface area contributed by atoms with Gasteiger partial charge in [-0.3, -0.25) is 4.79 Å². The lowest BCUT2D eigenvalue weighted by Crippen LogP contribution is -2.18. The third-order valence-corrected chi connectivity index (χ3v) is 5.46. The fourth-order valence-corrected chi connectivity index (χ4v) is 3.81. The normalized spacial score (nSPS) is 11.2. The van der Waals surface area contributed by atoms with Gasteiger partial charge in [0.25, 0.3) is 5.91 Å². The van der Waals surface area contributed by atoms with E-state index in [0.717, 1.165) is 39.9 Å². The zero-order chi connectivity index (χ0) is 20.1. The van der Waals surface area contributed by atoms with Crippen molar-refractivity contribution in [3.8, 4) is 11.3 Å². The van der Waals surface area contributed by atoms with E-state index in [1.165, 1.54) is 5.56 Å². The number of benzene rings is 2. The maximum atomic E-state index is 12.9. The van der Waals surface area contributed by atoms with Gasteiger partial charge < -0.3 is 0 Å². The molecule has 0 atom stereocenters. The minimum Gasteiger partial charge on any atom is -0.267 e. The highest BCUT2D eigenvalue weighted by Gasteiger charge is 2.13. The lowest BCUT2D eigenvalue weighted by Gasteiger charge is -2.09. The molecule has 0 fully saturated rings. The van der Waals surface area contributed by atoms with E-state index in [1.54, 1.807) is 17.6 Å². The molecule has 1 N–H and O–H groups in total. The number of hydrogen-bond donors (Lipinski definition) is 1. The highest BCUT2D eigenvalue weighted by molar-refractivity contribution is 7.11.